The first-order valence-corrected chi connectivity index (χ1v) is 8.61. The van der Waals surface area contributed by atoms with Crippen molar-refractivity contribution in [3.05, 3.63) is 96.2 Å². The summed E-state index contributed by atoms with van der Waals surface area (Å²) in [7, 11) is 0. The number of hydrogen-bond acceptors (Lipinski definition) is 0. The minimum Gasteiger partial charge on any atom is -0.0991 e. The fraction of sp³-hybridized carbons (Fsp3) is 0.333. The first-order valence-electron chi connectivity index (χ1n) is 8.61. The standard InChI is InChI=1S/C24H32/c1-9-14-19(11-3)23(5,6)21-16-13-17-22(18-21)24(7,8)20(12-4)15-10-2/h9-18H,1,3H2,2,4-8H3/b15-10-,19-14+,20-12+. The Labute approximate surface area is 149 Å². The molecule has 0 heteroatoms. The van der Waals surface area contributed by atoms with E-state index in [1.807, 2.05) is 18.2 Å². The first-order chi connectivity index (χ1) is 11.2. The van der Waals surface area contributed by atoms with Crippen molar-refractivity contribution in [1.29, 1.82) is 0 Å². The number of allylic oxidation sites excluding steroid dienone is 8. The van der Waals surface area contributed by atoms with Gasteiger partial charge >= 0.3 is 0 Å². The lowest BCUT2D eigenvalue weighted by Crippen LogP contribution is -2.23. The molecule has 0 spiro atoms. The zero-order valence-corrected chi connectivity index (χ0v) is 16.2. The van der Waals surface area contributed by atoms with E-state index in [-0.39, 0.29) is 10.8 Å². The van der Waals surface area contributed by atoms with Crippen LogP contribution in [0.3, 0.4) is 0 Å². The van der Waals surface area contributed by atoms with Gasteiger partial charge in [-0.05, 0) is 36.1 Å². The molecule has 0 saturated heterocycles. The fourth-order valence-corrected chi connectivity index (χ4v) is 3.13. The Bertz CT molecular complexity index is 676. The van der Waals surface area contributed by atoms with Crippen molar-refractivity contribution in [2.24, 2.45) is 0 Å². The van der Waals surface area contributed by atoms with Crippen molar-refractivity contribution < 1.29 is 0 Å². The molecule has 0 aliphatic rings. The van der Waals surface area contributed by atoms with Gasteiger partial charge in [0.15, 0.2) is 0 Å². The molecule has 0 fully saturated rings. The highest BCUT2D eigenvalue weighted by Crippen LogP contribution is 2.37. The normalized spacial score (nSPS) is 14.1. The van der Waals surface area contributed by atoms with Gasteiger partial charge in [0.2, 0.25) is 0 Å². The first kappa shape index (κ1) is 20.0. The summed E-state index contributed by atoms with van der Waals surface area (Å²) in [6, 6.07) is 8.90. The molecule has 0 saturated carbocycles. The Morgan fingerprint density at radius 3 is 1.88 bits per heavy atom. The zero-order chi connectivity index (χ0) is 18.4. The van der Waals surface area contributed by atoms with Crippen LogP contribution in [-0.2, 0) is 10.8 Å². The van der Waals surface area contributed by atoms with Gasteiger partial charge in [-0.15, -0.1) is 0 Å². The highest BCUT2D eigenvalue weighted by atomic mass is 14.3. The van der Waals surface area contributed by atoms with Gasteiger partial charge in [-0.1, -0.05) is 102 Å². The van der Waals surface area contributed by atoms with Crippen molar-refractivity contribution in [1.82, 2.24) is 0 Å². The summed E-state index contributed by atoms with van der Waals surface area (Å²) in [5, 5.41) is 0. The summed E-state index contributed by atoms with van der Waals surface area (Å²) in [5.41, 5.74) is 4.96. The molecular formula is C24H32. The second-order valence-corrected chi connectivity index (χ2v) is 7.14. The van der Waals surface area contributed by atoms with E-state index < -0.39 is 0 Å². The Kier molecular flexibility index (Phi) is 6.78. The smallest absolute Gasteiger partial charge is 0.0146 e. The minimum atomic E-state index is -0.112. The van der Waals surface area contributed by atoms with Gasteiger partial charge in [-0.25, -0.2) is 0 Å². The topological polar surface area (TPSA) is 0 Å². The average Bonchev–Trinajstić information content (AvgIpc) is 2.57. The van der Waals surface area contributed by atoms with E-state index >= 15 is 0 Å². The van der Waals surface area contributed by atoms with Crippen LogP contribution in [0.25, 0.3) is 0 Å². The van der Waals surface area contributed by atoms with Gasteiger partial charge in [0.25, 0.3) is 0 Å². The van der Waals surface area contributed by atoms with Gasteiger partial charge in [-0.2, -0.15) is 0 Å². The Morgan fingerprint density at radius 2 is 1.46 bits per heavy atom. The van der Waals surface area contributed by atoms with Crippen LogP contribution >= 0.6 is 0 Å². The van der Waals surface area contributed by atoms with E-state index in [1.54, 1.807) is 0 Å². The molecule has 128 valence electrons. The number of benzene rings is 1. The molecule has 0 unspecified atom stereocenters. The average molecular weight is 321 g/mol. The highest BCUT2D eigenvalue weighted by Gasteiger charge is 2.28. The van der Waals surface area contributed by atoms with Gasteiger partial charge in [-0.3, -0.25) is 0 Å². The summed E-state index contributed by atoms with van der Waals surface area (Å²) in [4.78, 5) is 0. The number of hydrogen-bond donors (Lipinski definition) is 0. The summed E-state index contributed by atoms with van der Waals surface area (Å²) < 4.78 is 0. The van der Waals surface area contributed by atoms with Gasteiger partial charge in [0.05, 0.1) is 0 Å². The summed E-state index contributed by atoms with van der Waals surface area (Å²) in [6.45, 7) is 21.0. The molecule has 0 aliphatic carbocycles. The lowest BCUT2D eigenvalue weighted by Gasteiger charge is -2.31. The molecule has 0 bridgehead atoms. The van der Waals surface area contributed by atoms with Crippen LogP contribution in [0.5, 0.6) is 0 Å². The minimum absolute atomic E-state index is 0.0379. The second kappa shape index (κ2) is 8.15. The van der Waals surface area contributed by atoms with Crippen LogP contribution in [-0.4, -0.2) is 0 Å². The van der Waals surface area contributed by atoms with Crippen LogP contribution in [0.4, 0.5) is 0 Å². The lowest BCUT2D eigenvalue weighted by atomic mass is 9.72. The highest BCUT2D eigenvalue weighted by molar-refractivity contribution is 5.46. The molecule has 1 aromatic carbocycles. The molecule has 0 aliphatic heterocycles. The molecule has 0 atom stereocenters. The second-order valence-electron chi connectivity index (χ2n) is 7.14. The molecule has 24 heavy (non-hydrogen) atoms. The van der Waals surface area contributed by atoms with Crippen molar-refractivity contribution in [2.75, 3.05) is 0 Å². The van der Waals surface area contributed by atoms with Crippen LogP contribution < -0.4 is 0 Å². The van der Waals surface area contributed by atoms with Crippen molar-refractivity contribution in [2.45, 2.75) is 52.4 Å². The molecule has 0 radical (unpaired) electrons. The molecule has 1 aromatic rings. The van der Waals surface area contributed by atoms with Crippen LogP contribution in [0.15, 0.2) is 85.0 Å². The maximum absolute atomic E-state index is 3.97. The SMILES string of the molecule is C=C/C=C(\C=C)C(C)(C)c1cccc(C(C)(C)C(/C=C\C)=C/C)c1. The molecule has 0 aromatic heterocycles. The Balaban J connectivity index is 3.45. The van der Waals surface area contributed by atoms with E-state index in [9.17, 15) is 0 Å². The van der Waals surface area contributed by atoms with Gasteiger partial charge < -0.3 is 0 Å². The third-order valence-electron chi connectivity index (χ3n) is 4.92. The zero-order valence-electron chi connectivity index (χ0n) is 16.2. The third-order valence-corrected chi connectivity index (χ3v) is 4.92. The monoisotopic (exact) mass is 320 g/mol. The molecule has 0 nitrogen and oxygen atoms in total. The Morgan fingerprint density at radius 1 is 0.917 bits per heavy atom. The Hall–Kier alpha value is -2.08. The largest absolute Gasteiger partial charge is 0.0991 e. The van der Waals surface area contributed by atoms with Crippen LogP contribution in [0.2, 0.25) is 0 Å². The van der Waals surface area contributed by atoms with E-state index in [4.69, 9.17) is 0 Å². The van der Waals surface area contributed by atoms with E-state index in [0.29, 0.717) is 0 Å². The predicted molar refractivity (Wildman–Crippen MR) is 110 cm³/mol. The van der Waals surface area contributed by atoms with E-state index in [1.165, 1.54) is 22.3 Å². The van der Waals surface area contributed by atoms with Crippen molar-refractivity contribution >= 4 is 0 Å². The predicted octanol–water partition coefficient (Wildman–Crippen LogP) is 7.06. The van der Waals surface area contributed by atoms with Crippen LogP contribution in [0.1, 0.15) is 52.7 Å². The molecule has 0 amide bonds. The quantitative estimate of drug-likeness (QED) is 0.472. The fourth-order valence-electron chi connectivity index (χ4n) is 3.13. The van der Waals surface area contributed by atoms with Crippen LogP contribution in [0, 0.1) is 0 Å². The summed E-state index contributed by atoms with van der Waals surface area (Å²) in [6.07, 6.45) is 12.3. The third kappa shape index (κ3) is 4.06. The van der Waals surface area contributed by atoms with E-state index in [0.717, 1.165) is 0 Å². The molecular weight excluding hydrogens is 288 g/mol. The van der Waals surface area contributed by atoms with Crippen molar-refractivity contribution in [3.8, 4) is 0 Å². The molecule has 0 heterocycles. The summed E-state index contributed by atoms with van der Waals surface area (Å²) >= 11 is 0. The van der Waals surface area contributed by atoms with Gasteiger partial charge in [0.1, 0.15) is 0 Å². The summed E-state index contributed by atoms with van der Waals surface area (Å²) in [5.74, 6) is 0. The van der Waals surface area contributed by atoms with E-state index in [2.05, 4.69) is 97.2 Å². The van der Waals surface area contributed by atoms with Crippen molar-refractivity contribution in [3.63, 3.8) is 0 Å². The lowest BCUT2D eigenvalue weighted by molar-refractivity contribution is 0.615. The maximum Gasteiger partial charge on any atom is 0.0146 e. The maximum atomic E-state index is 3.97. The van der Waals surface area contributed by atoms with Gasteiger partial charge in [0, 0.05) is 10.8 Å². The number of rotatable bonds is 7. The molecule has 1 rings (SSSR count). The molecule has 0 N–H and O–H groups in total.